The molecule has 0 N–H and O–H groups in total. The Labute approximate surface area is 104 Å². The summed E-state index contributed by atoms with van der Waals surface area (Å²) in [7, 11) is 2.81. The second kappa shape index (κ2) is 5.27. The van der Waals surface area contributed by atoms with Crippen molar-refractivity contribution in [3.8, 4) is 17.0 Å². The molecule has 5 nitrogen and oxygen atoms in total. The summed E-state index contributed by atoms with van der Waals surface area (Å²) in [6, 6.07) is 7.07. The van der Waals surface area contributed by atoms with Gasteiger partial charge in [-0.1, -0.05) is 0 Å². The summed E-state index contributed by atoms with van der Waals surface area (Å²) in [4.78, 5) is 19.8. The predicted molar refractivity (Wildman–Crippen MR) is 65.4 cm³/mol. The van der Waals surface area contributed by atoms with Gasteiger partial charge in [-0.3, -0.25) is 4.98 Å². The molecule has 5 heteroatoms. The third kappa shape index (κ3) is 2.29. The van der Waals surface area contributed by atoms with E-state index in [1.165, 1.54) is 14.2 Å². The minimum atomic E-state index is -0.499. The summed E-state index contributed by atoms with van der Waals surface area (Å²) < 4.78 is 9.73. The van der Waals surface area contributed by atoms with E-state index in [0.717, 1.165) is 5.56 Å². The number of hydrogen-bond acceptors (Lipinski definition) is 5. The fourth-order valence-electron chi connectivity index (χ4n) is 1.57. The summed E-state index contributed by atoms with van der Waals surface area (Å²) in [5.74, 6) is -0.131. The summed E-state index contributed by atoms with van der Waals surface area (Å²) in [5.41, 5.74) is 1.76. The lowest BCUT2D eigenvalue weighted by molar-refractivity contribution is 0.0594. The highest BCUT2D eigenvalue weighted by Crippen LogP contribution is 2.24. The first-order chi connectivity index (χ1) is 8.76. The van der Waals surface area contributed by atoms with Gasteiger partial charge in [0.15, 0.2) is 5.69 Å². The van der Waals surface area contributed by atoms with Crippen molar-refractivity contribution in [2.75, 3.05) is 14.2 Å². The Morgan fingerprint density at radius 1 is 1.11 bits per heavy atom. The number of hydrogen-bond donors (Lipinski definition) is 0. The summed E-state index contributed by atoms with van der Waals surface area (Å²) in [6.45, 7) is 0. The van der Waals surface area contributed by atoms with Crippen molar-refractivity contribution in [2.24, 2.45) is 0 Å². The molecule has 0 amide bonds. The molecule has 0 radical (unpaired) electrons. The molecule has 0 fully saturated rings. The molecular formula is C13H12N2O3. The van der Waals surface area contributed by atoms with Crippen LogP contribution in [0.4, 0.5) is 0 Å². The Bertz CT molecular complexity index is 555. The topological polar surface area (TPSA) is 61.3 Å². The van der Waals surface area contributed by atoms with Crippen molar-refractivity contribution in [1.82, 2.24) is 9.97 Å². The first-order valence-corrected chi connectivity index (χ1v) is 5.30. The summed E-state index contributed by atoms with van der Waals surface area (Å²) in [6.07, 6.45) is 3.31. The maximum atomic E-state index is 11.7. The minimum Gasteiger partial charge on any atom is -0.481 e. The largest absolute Gasteiger partial charge is 0.481 e. The van der Waals surface area contributed by atoms with E-state index in [-0.39, 0.29) is 5.69 Å². The molecule has 92 valence electrons. The number of aromatic nitrogens is 2. The van der Waals surface area contributed by atoms with E-state index in [1.807, 2.05) is 0 Å². The maximum absolute atomic E-state index is 11.7. The monoisotopic (exact) mass is 244 g/mol. The van der Waals surface area contributed by atoms with Gasteiger partial charge in [-0.15, -0.1) is 0 Å². The van der Waals surface area contributed by atoms with Crippen LogP contribution in [0, 0.1) is 0 Å². The fourth-order valence-corrected chi connectivity index (χ4v) is 1.57. The van der Waals surface area contributed by atoms with Crippen LogP contribution in [-0.2, 0) is 4.74 Å². The average Bonchev–Trinajstić information content (AvgIpc) is 2.46. The van der Waals surface area contributed by atoms with E-state index in [2.05, 4.69) is 9.97 Å². The van der Waals surface area contributed by atoms with Gasteiger partial charge in [-0.05, 0) is 23.8 Å². The Balaban J connectivity index is 2.56. The number of pyridine rings is 2. The molecule has 0 saturated heterocycles. The lowest BCUT2D eigenvalue weighted by Crippen LogP contribution is -2.07. The van der Waals surface area contributed by atoms with Gasteiger partial charge in [0, 0.05) is 24.0 Å². The van der Waals surface area contributed by atoms with Crippen LogP contribution in [0.2, 0.25) is 0 Å². The predicted octanol–water partition coefficient (Wildman–Crippen LogP) is 1.94. The van der Waals surface area contributed by atoms with E-state index >= 15 is 0 Å². The fraction of sp³-hybridized carbons (Fsp3) is 0.154. The summed E-state index contributed by atoms with van der Waals surface area (Å²) >= 11 is 0. The lowest BCUT2D eigenvalue weighted by atomic mass is 10.1. The quantitative estimate of drug-likeness (QED) is 0.772. The minimum absolute atomic E-state index is 0.225. The van der Waals surface area contributed by atoms with Crippen molar-refractivity contribution in [3.05, 3.63) is 42.4 Å². The molecule has 2 aromatic rings. The number of carbonyl (C=O) groups excluding carboxylic acids is 1. The van der Waals surface area contributed by atoms with Gasteiger partial charge >= 0.3 is 5.97 Å². The van der Waals surface area contributed by atoms with Crippen molar-refractivity contribution in [2.45, 2.75) is 0 Å². The second-order valence-corrected chi connectivity index (χ2v) is 3.48. The van der Waals surface area contributed by atoms with Crippen LogP contribution < -0.4 is 4.74 Å². The molecule has 0 unspecified atom stereocenters. The molecule has 0 aromatic carbocycles. The Morgan fingerprint density at radius 2 is 1.83 bits per heavy atom. The molecule has 0 aliphatic heterocycles. The number of ether oxygens (including phenoxy) is 2. The van der Waals surface area contributed by atoms with E-state index in [0.29, 0.717) is 11.4 Å². The van der Waals surface area contributed by atoms with Gasteiger partial charge in [0.05, 0.1) is 14.2 Å². The molecule has 0 saturated carbocycles. The van der Waals surface area contributed by atoms with Crippen LogP contribution in [0.3, 0.4) is 0 Å². The van der Waals surface area contributed by atoms with Crippen LogP contribution in [0.5, 0.6) is 5.88 Å². The first kappa shape index (κ1) is 12.0. The highest BCUT2D eigenvalue weighted by atomic mass is 16.5. The number of nitrogens with zero attached hydrogens (tertiary/aromatic N) is 2. The third-order valence-electron chi connectivity index (χ3n) is 2.45. The van der Waals surface area contributed by atoms with Crippen molar-refractivity contribution in [3.63, 3.8) is 0 Å². The third-order valence-corrected chi connectivity index (χ3v) is 2.45. The Hall–Kier alpha value is -2.43. The molecule has 0 aliphatic carbocycles. The van der Waals surface area contributed by atoms with Crippen LogP contribution in [0.1, 0.15) is 10.5 Å². The lowest BCUT2D eigenvalue weighted by Gasteiger charge is -2.08. The standard InChI is InChI=1S/C13H12N2O3/c1-17-11-4-3-10(9-5-7-14-8-6-9)12(15-11)13(16)18-2/h3-8H,1-2H3. The van der Waals surface area contributed by atoms with Gasteiger partial charge in [-0.2, -0.15) is 0 Å². The van der Waals surface area contributed by atoms with Crippen molar-refractivity contribution >= 4 is 5.97 Å². The second-order valence-electron chi connectivity index (χ2n) is 3.48. The van der Waals surface area contributed by atoms with Crippen molar-refractivity contribution < 1.29 is 14.3 Å². The zero-order chi connectivity index (χ0) is 13.0. The van der Waals surface area contributed by atoms with Gasteiger partial charge in [-0.25, -0.2) is 9.78 Å². The molecule has 2 aromatic heterocycles. The normalized spacial score (nSPS) is 9.89. The van der Waals surface area contributed by atoms with E-state index in [4.69, 9.17) is 9.47 Å². The zero-order valence-electron chi connectivity index (χ0n) is 10.1. The maximum Gasteiger partial charge on any atom is 0.357 e. The molecule has 0 spiro atoms. The molecular weight excluding hydrogens is 232 g/mol. The molecule has 0 atom stereocenters. The average molecular weight is 244 g/mol. The van der Waals surface area contributed by atoms with E-state index < -0.39 is 5.97 Å². The number of methoxy groups -OCH3 is 2. The highest BCUT2D eigenvalue weighted by molar-refractivity contribution is 5.95. The molecule has 0 aliphatic rings. The first-order valence-electron chi connectivity index (χ1n) is 5.30. The van der Waals surface area contributed by atoms with Gasteiger partial charge < -0.3 is 9.47 Å². The van der Waals surface area contributed by atoms with Crippen molar-refractivity contribution in [1.29, 1.82) is 0 Å². The smallest absolute Gasteiger partial charge is 0.357 e. The summed E-state index contributed by atoms with van der Waals surface area (Å²) in [5, 5.41) is 0. The van der Waals surface area contributed by atoms with E-state index in [9.17, 15) is 4.79 Å². The molecule has 18 heavy (non-hydrogen) atoms. The molecule has 2 rings (SSSR count). The highest BCUT2D eigenvalue weighted by Gasteiger charge is 2.16. The number of carbonyl (C=O) groups is 1. The zero-order valence-corrected chi connectivity index (χ0v) is 10.1. The van der Waals surface area contributed by atoms with Crippen LogP contribution >= 0.6 is 0 Å². The van der Waals surface area contributed by atoms with Crippen LogP contribution in [-0.4, -0.2) is 30.2 Å². The van der Waals surface area contributed by atoms with Crippen LogP contribution in [0.15, 0.2) is 36.7 Å². The van der Waals surface area contributed by atoms with Gasteiger partial charge in [0.25, 0.3) is 0 Å². The number of rotatable bonds is 3. The Kier molecular flexibility index (Phi) is 3.52. The molecule has 0 bridgehead atoms. The van der Waals surface area contributed by atoms with Crippen LogP contribution in [0.25, 0.3) is 11.1 Å². The number of esters is 1. The SMILES string of the molecule is COC(=O)c1nc(OC)ccc1-c1ccncc1. The Morgan fingerprint density at radius 3 is 2.44 bits per heavy atom. The van der Waals surface area contributed by atoms with Gasteiger partial charge in [0.2, 0.25) is 5.88 Å². The molecule has 2 heterocycles. The van der Waals surface area contributed by atoms with Gasteiger partial charge in [0.1, 0.15) is 0 Å². The van der Waals surface area contributed by atoms with E-state index in [1.54, 1.807) is 36.7 Å².